The summed E-state index contributed by atoms with van der Waals surface area (Å²) in [5.41, 5.74) is 17.3. The Morgan fingerprint density at radius 1 is 0.917 bits per heavy atom. The second-order valence-electron chi connectivity index (χ2n) is 8.61. The van der Waals surface area contributed by atoms with E-state index in [1.165, 1.54) is 0 Å². The molecule has 0 saturated carbocycles. The number of nitrogens with one attached hydrogen (secondary N) is 3. The molecule has 36 heavy (non-hydrogen) atoms. The molecular weight excluding hydrogens is 470 g/mol. The van der Waals surface area contributed by atoms with Crippen LogP contribution >= 0.6 is 0 Å². The number of nitrogens with two attached hydrogens (primary N) is 3. The molecule has 11 N–H and O–H groups in total. The number of benzene rings is 1. The van der Waals surface area contributed by atoms with Gasteiger partial charge in [0.1, 0.15) is 18.1 Å². The van der Waals surface area contributed by atoms with Crippen LogP contribution in [0.3, 0.4) is 0 Å². The average molecular weight is 508 g/mol. The lowest BCUT2D eigenvalue weighted by Crippen LogP contribution is -2.58. The zero-order valence-electron chi connectivity index (χ0n) is 20.5. The number of carboxylic acids is 1. The minimum Gasteiger partial charge on any atom is -0.480 e. The highest BCUT2D eigenvalue weighted by molar-refractivity contribution is 5.94. The molecule has 0 aliphatic rings. The number of guanidine groups is 1. The van der Waals surface area contributed by atoms with E-state index in [4.69, 9.17) is 22.3 Å². The summed E-state index contributed by atoms with van der Waals surface area (Å²) in [6.45, 7) is 2.87. The predicted octanol–water partition coefficient (Wildman–Crippen LogP) is -2.20. The quantitative estimate of drug-likeness (QED) is 0.0729. The molecule has 0 saturated heterocycles. The molecule has 0 spiro atoms. The first-order chi connectivity index (χ1) is 17.0. The van der Waals surface area contributed by atoms with Crippen LogP contribution in [0.1, 0.15) is 32.3 Å². The van der Waals surface area contributed by atoms with Gasteiger partial charge >= 0.3 is 5.97 Å². The van der Waals surface area contributed by atoms with Gasteiger partial charge in [-0.25, -0.2) is 4.79 Å². The van der Waals surface area contributed by atoms with E-state index >= 15 is 0 Å². The van der Waals surface area contributed by atoms with Gasteiger partial charge in [0.05, 0.1) is 12.6 Å². The van der Waals surface area contributed by atoms with Crippen molar-refractivity contribution in [2.24, 2.45) is 28.1 Å². The van der Waals surface area contributed by atoms with E-state index in [1.54, 1.807) is 38.1 Å². The van der Waals surface area contributed by atoms with Crippen LogP contribution in [-0.2, 0) is 25.6 Å². The molecule has 4 atom stereocenters. The van der Waals surface area contributed by atoms with E-state index in [1.807, 2.05) is 6.07 Å². The largest absolute Gasteiger partial charge is 0.480 e. The Bertz CT molecular complexity index is 905. The fourth-order valence-electron chi connectivity index (χ4n) is 3.13. The predicted molar refractivity (Wildman–Crippen MR) is 133 cm³/mol. The molecule has 4 unspecified atom stereocenters. The summed E-state index contributed by atoms with van der Waals surface area (Å²) in [6, 6.07) is 4.29. The monoisotopic (exact) mass is 507 g/mol. The van der Waals surface area contributed by atoms with Crippen molar-refractivity contribution in [3.63, 3.8) is 0 Å². The van der Waals surface area contributed by atoms with Gasteiger partial charge in [-0.2, -0.15) is 0 Å². The van der Waals surface area contributed by atoms with E-state index in [-0.39, 0.29) is 37.7 Å². The fraction of sp³-hybridized carbons (Fsp3) is 0.522. The van der Waals surface area contributed by atoms with Crippen molar-refractivity contribution in [1.82, 2.24) is 16.0 Å². The van der Waals surface area contributed by atoms with E-state index in [0.29, 0.717) is 0 Å². The lowest BCUT2D eigenvalue weighted by atomic mass is 10.0. The summed E-state index contributed by atoms with van der Waals surface area (Å²) >= 11 is 0. The summed E-state index contributed by atoms with van der Waals surface area (Å²) < 4.78 is 0. The molecule has 13 heteroatoms. The number of aliphatic carboxylic acids is 1. The van der Waals surface area contributed by atoms with Crippen LogP contribution in [0.5, 0.6) is 0 Å². The highest BCUT2D eigenvalue weighted by Gasteiger charge is 2.30. The second kappa shape index (κ2) is 15.3. The van der Waals surface area contributed by atoms with Gasteiger partial charge in [-0.1, -0.05) is 44.2 Å². The molecule has 200 valence electrons. The second-order valence-corrected chi connectivity index (χ2v) is 8.61. The Balaban J connectivity index is 3.11. The van der Waals surface area contributed by atoms with E-state index < -0.39 is 54.5 Å². The van der Waals surface area contributed by atoms with E-state index in [2.05, 4.69) is 20.9 Å². The third kappa shape index (κ3) is 10.7. The van der Waals surface area contributed by atoms with Crippen molar-refractivity contribution in [2.45, 2.75) is 57.3 Å². The van der Waals surface area contributed by atoms with Crippen LogP contribution in [0.25, 0.3) is 0 Å². The summed E-state index contributed by atoms with van der Waals surface area (Å²) in [5.74, 6) is -3.77. The van der Waals surface area contributed by atoms with Gasteiger partial charge in [0.15, 0.2) is 5.96 Å². The molecule has 0 heterocycles. The molecule has 0 bridgehead atoms. The molecule has 1 aromatic carbocycles. The van der Waals surface area contributed by atoms with Crippen LogP contribution in [0.2, 0.25) is 0 Å². The summed E-state index contributed by atoms with van der Waals surface area (Å²) in [4.78, 5) is 53.7. The van der Waals surface area contributed by atoms with Gasteiger partial charge < -0.3 is 43.4 Å². The molecule has 1 rings (SSSR count). The van der Waals surface area contributed by atoms with Crippen LogP contribution in [0.15, 0.2) is 35.3 Å². The number of carbonyl (C=O) groups excluding carboxylic acids is 3. The van der Waals surface area contributed by atoms with E-state index in [9.17, 15) is 24.3 Å². The smallest absolute Gasteiger partial charge is 0.328 e. The number of hydrogen-bond acceptors (Lipinski definition) is 7. The number of aliphatic hydroxyl groups is 1. The maximum absolute atomic E-state index is 13.2. The maximum atomic E-state index is 13.2. The van der Waals surface area contributed by atoms with Crippen molar-refractivity contribution in [3.05, 3.63) is 35.9 Å². The maximum Gasteiger partial charge on any atom is 0.328 e. The number of hydrogen-bond donors (Lipinski definition) is 8. The molecule has 1 aromatic rings. The zero-order chi connectivity index (χ0) is 27.3. The number of rotatable bonds is 15. The van der Waals surface area contributed by atoms with Crippen LogP contribution in [-0.4, -0.2) is 77.2 Å². The normalized spacial score (nSPS) is 14.1. The third-order valence-corrected chi connectivity index (χ3v) is 5.31. The van der Waals surface area contributed by atoms with Gasteiger partial charge in [0, 0.05) is 13.0 Å². The van der Waals surface area contributed by atoms with E-state index in [0.717, 1.165) is 5.56 Å². The van der Waals surface area contributed by atoms with Crippen molar-refractivity contribution < 1.29 is 29.4 Å². The minimum absolute atomic E-state index is 0.0592. The fourth-order valence-corrected chi connectivity index (χ4v) is 3.13. The van der Waals surface area contributed by atoms with Gasteiger partial charge in [-0.05, 0) is 24.3 Å². The molecule has 0 fully saturated rings. The summed E-state index contributed by atoms with van der Waals surface area (Å²) in [6.07, 6.45) is 0.463. The Hall–Kier alpha value is -3.71. The van der Waals surface area contributed by atoms with Crippen molar-refractivity contribution in [2.75, 3.05) is 13.2 Å². The highest BCUT2D eigenvalue weighted by Crippen LogP contribution is 2.07. The Kier molecular flexibility index (Phi) is 12.9. The van der Waals surface area contributed by atoms with Crippen LogP contribution in [0, 0.1) is 5.92 Å². The Morgan fingerprint density at radius 3 is 2.00 bits per heavy atom. The number of amides is 3. The van der Waals surface area contributed by atoms with Crippen molar-refractivity contribution >= 4 is 29.7 Å². The first-order valence-corrected chi connectivity index (χ1v) is 11.6. The lowest BCUT2D eigenvalue weighted by molar-refractivity contribution is -0.143. The average Bonchev–Trinajstić information content (AvgIpc) is 2.83. The van der Waals surface area contributed by atoms with Gasteiger partial charge in [-0.15, -0.1) is 0 Å². The summed E-state index contributed by atoms with van der Waals surface area (Å²) in [5, 5.41) is 25.8. The lowest BCUT2D eigenvalue weighted by Gasteiger charge is -2.25. The SMILES string of the molecule is CC(C)C(N)C(=O)NC(Cc1ccccc1)C(=O)NC(CCCN=C(N)N)C(=O)NC(CO)C(=O)O. The number of nitrogens with zero attached hydrogens (tertiary/aromatic N) is 1. The molecule has 0 radical (unpaired) electrons. The molecule has 3 amide bonds. The first kappa shape index (κ1) is 30.3. The molecule has 0 aliphatic heterocycles. The minimum atomic E-state index is -1.56. The zero-order valence-corrected chi connectivity index (χ0v) is 20.5. The number of aliphatic imine (C=N–C) groups is 1. The number of aliphatic hydroxyl groups excluding tert-OH is 1. The summed E-state index contributed by atoms with van der Waals surface area (Å²) in [7, 11) is 0. The number of carbonyl (C=O) groups is 4. The molecular formula is C23H37N7O6. The van der Waals surface area contributed by atoms with Crippen molar-refractivity contribution in [1.29, 1.82) is 0 Å². The first-order valence-electron chi connectivity index (χ1n) is 11.6. The topological polar surface area (TPSA) is 235 Å². The standard InChI is InChI=1S/C23H37N7O6/c1-13(2)18(24)21(34)29-16(11-14-7-4-3-5-8-14)20(33)28-15(9-6-10-27-23(25)26)19(32)30-17(12-31)22(35)36/h3-5,7-8,13,15-18,31H,6,9-12,24H2,1-2H3,(H,28,33)(H,29,34)(H,30,32)(H,35,36)(H4,25,26,27). The molecule has 0 aliphatic carbocycles. The van der Waals surface area contributed by atoms with Crippen LogP contribution < -0.4 is 33.2 Å². The Morgan fingerprint density at radius 2 is 1.47 bits per heavy atom. The van der Waals surface area contributed by atoms with Crippen molar-refractivity contribution in [3.8, 4) is 0 Å². The highest BCUT2D eigenvalue weighted by atomic mass is 16.4. The Labute approximate surface area is 209 Å². The van der Waals surface area contributed by atoms with Crippen LogP contribution in [0.4, 0.5) is 0 Å². The molecule has 0 aromatic heterocycles. The molecule has 13 nitrogen and oxygen atoms in total. The van der Waals surface area contributed by atoms with Gasteiger partial charge in [0.2, 0.25) is 17.7 Å². The third-order valence-electron chi connectivity index (χ3n) is 5.31. The number of carboxylic acid groups (broad SMARTS) is 1. The van der Waals surface area contributed by atoms with Gasteiger partial charge in [-0.3, -0.25) is 19.4 Å². The van der Waals surface area contributed by atoms with Gasteiger partial charge in [0.25, 0.3) is 0 Å².